The van der Waals surface area contributed by atoms with E-state index in [9.17, 15) is 9.59 Å². The van der Waals surface area contributed by atoms with Crippen LogP contribution in [0.3, 0.4) is 0 Å². The van der Waals surface area contributed by atoms with Gasteiger partial charge in [-0.3, -0.25) is 0 Å². The number of unbranched alkanes of at least 4 members (excludes halogenated alkanes) is 7. The Hall–Kier alpha value is -4.58. The lowest BCUT2D eigenvalue weighted by molar-refractivity contribution is 0.0724. The maximum Gasteiger partial charge on any atom is 0.343 e. The summed E-state index contributed by atoms with van der Waals surface area (Å²) in [5.41, 5.74) is 5.75. The van der Waals surface area contributed by atoms with Crippen molar-refractivity contribution in [1.29, 1.82) is 0 Å². The van der Waals surface area contributed by atoms with Gasteiger partial charge in [0.15, 0.2) is 0 Å². The highest BCUT2D eigenvalue weighted by atomic mass is 16.5. The van der Waals surface area contributed by atoms with Crippen LogP contribution in [0.5, 0.6) is 23.0 Å². The number of esters is 2. The summed E-state index contributed by atoms with van der Waals surface area (Å²) in [4.78, 5) is 26.5. The largest absolute Gasteiger partial charge is 0.494 e. The normalized spacial score (nSPS) is 13.4. The Morgan fingerprint density at radius 2 is 1.10 bits per heavy atom. The number of benzene rings is 4. The maximum atomic E-state index is 13.4. The molecule has 0 amide bonds. The fourth-order valence-electron chi connectivity index (χ4n) is 6.67. The molecule has 6 heteroatoms. The van der Waals surface area contributed by atoms with Crippen LogP contribution in [0.1, 0.15) is 140 Å². The van der Waals surface area contributed by atoms with Gasteiger partial charge in [-0.1, -0.05) is 77.8 Å². The van der Waals surface area contributed by atoms with Crippen molar-refractivity contribution in [3.63, 3.8) is 0 Å². The average molecular weight is 691 g/mol. The second kappa shape index (κ2) is 19.7. The topological polar surface area (TPSA) is 71.1 Å². The second-order valence-corrected chi connectivity index (χ2v) is 13.6. The van der Waals surface area contributed by atoms with Crippen molar-refractivity contribution >= 4 is 11.9 Å². The molecule has 0 spiro atoms. The lowest BCUT2D eigenvalue weighted by Crippen LogP contribution is -2.11. The average Bonchev–Trinajstić information content (AvgIpc) is 3.57. The van der Waals surface area contributed by atoms with Crippen LogP contribution in [0.4, 0.5) is 0 Å². The van der Waals surface area contributed by atoms with Crippen LogP contribution in [0.15, 0.2) is 84.9 Å². The van der Waals surface area contributed by atoms with E-state index < -0.39 is 5.97 Å². The summed E-state index contributed by atoms with van der Waals surface area (Å²) in [7, 11) is 0. The van der Waals surface area contributed by atoms with Gasteiger partial charge >= 0.3 is 11.9 Å². The second-order valence-electron chi connectivity index (χ2n) is 13.6. The van der Waals surface area contributed by atoms with Gasteiger partial charge in [0.1, 0.15) is 23.0 Å². The minimum Gasteiger partial charge on any atom is -0.494 e. The number of carbonyl (C=O) groups excluding carboxylic acids is 2. The molecule has 0 radical (unpaired) electrons. The summed E-state index contributed by atoms with van der Waals surface area (Å²) in [6.45, 7) is 7.93. The molecule has 0 aromatic heterocycles. The highest BCUT2D eigenvalue weighted by molar-refractivity contribution is 5.92. The number of aryl methyl sites for hydroxylation is 2. The van der Waals surface area contributed by atoms with E-state index in [0.29, 0.717) is 35.8 Å². The standard InChI is InChI=1S/C45H54O6/c1-4-7-10-12-29-48-37-21-18-35(19-22-37)44(46)51-40-23-17-34-20-28-41(43(34)32-40)42-31-36(16-15-33(42)14-9-6-3)45(47)50-39-26-24-38(25-27-39)49-30-13-11-8-5-2/h15-19,21-27,31-32,41H,4-14,20,28-30H2,1-3H3. The quantitative estimate of drug-likeness (QED) is 0.0522. The maximum absolute atomic E-state index is 13.4. The molecule has 0 N–H and O–H groups in total. The fraction of sp³-hybridized carbons (Fsp3) is 0.422. The number of carbonyl (C=O) groups is 2. The van der Waals surface area contributed by atoms with Gasteiger partial charge in [0.05, 0.1) is 24.3 Å². The van der Waals surface area contributed by atoms with E-state index in [-0.39, 0.29) is 11.9 Å². The van der Waals surface area contributed by atoms with E-state index >= 15 is 0 Å². The van der Waals surface area contributed by atoms with Gasteiger partial charge in [-0.05, 0) is 134 Å². The number of hydrogen-bond donors (Lipinski definition) is 0. The van der Waals surface area contributed by atoms with Crippen LogP contribution in [0.25, 0.3) is 0 Å². The molecule has 0 saturated heterocycles. The first-order chi connectivity index (χ1) is 25.0. The van der Waals surface area contributed by atoms with Crippen molar-refractivity contribution in [2.24, 2.45) is 0 Å². The molecule has 0 aliphatic heterocycles. The van der Waals surface area contributed by atoms with Crippen LogP contribution >= 0.6 is 0 Å². The Bertz CT molecular complexity index is 1690. The van der Waals surface area contributed by atoms with E-state index in [0.717, 1.165) is 80.4 Å². The molecule has 0 saturated carbocycles. The molecule has 0 fully saturated rings. The minimum atomic E-state index is -0.404. The van der Waals surface area contributed by atoms with Crippen molar-refractivity contribution in [3.8, 4) is 23.0 Å². The van der Waals surface area contributed by atoms with E-state index in [4.69, 9.17) is 18.9 Å². The Morgan fingerprint density at radius 1 is 0.549 bits per heavy atom. The van der Waals surface area contributed by atoms with E-state index in [1.807, 2.05) is 48.5 Å². The third-order valence-corrected chi connectivity index (χ3v) is 9.62. The van der Waals surface area contributed by atoms with Gasteiger partial charge < -0.3 is 18.9 Å². The number of fused-ring (bicyclic) bond motifs is 1. The minimum absolute atomic E-state index is 0.0841. The Morgan fingerprint density at radius 3 is 1.75 bits per heavy atom. The van der Waals surface area contributed by atoms with E-state index in [1.165, 1.54) is 36.8 Å². The van der Waals surface area contributed by atoms with E-state index in [1.54, 1.807) is 24.3 Å². The lowest BCUT2D eigenvalue weighted by atomic mass is 9.86. The summed E-state index contributed by atoms with van der Waals surface area (Å²) in [5, 5.41) is 0. The van der Waals surface area contributed by atoms with Crippen LogP contribution in [0, 0.1) is 0 Å². The molecule has 4 aromatic rings. The van der Waals surface area contributed by atoms with Crippen LogP contribution in [0.2, 0.25) is 0 Å². The summed E-state index contributed by atoms with van der Waals surface area (Å²) >= 11 is 0. The van der Waals surface area contributed by atoms with Crippen molar-refractivity contribution in [2.45, 2.75) is 110 Å². The zero-order valence-corrected chi connectivity index (χ0v) is 30.7. The SMILES string of the molecule is CCCCCCOc1ccc(OC(=O)c2ccc(CCCC)c(C3CCc4ccc(OC(=O)c5ccc(OCCCCCC)cc5)cc43)c2)cc1. The summed E-state index contributed by atoms with van der Waals surface area (Å²) in [5.74, 6) is 1.82. The van der Waals surface area contributed by atoms with Gasteiger partial charge in [0.25, 0.3) is 0 Å². The molecule has 1 aliphatic rings. The van der Waals surface area contributed by atoms with E-state index in [2.05, 4.69) is 32.9 Å². The number of ether oxygens (including phenoxy) is 4. The molecule has 0 bridgehead atoms. The molecule has 0 heterocycles. The van der Waals surface area contributed by atoms with Gasteiger partial charge in [0, 0.05) is 5.92 Å². The monoisotopic (exact) mass is 690 g/mol. The third-order valence-electron chi connectivity index (χ3n) is 9.62. The predicted octanol–water partition coefficient (Wildman–Crippen LogP) is 11.5. The highest BCUT2D eigenvalue weighted by Gasteiger charge is 2.28. The summed E-state index contributed by atoms with van der Waals surface area (Å²) < 4.78 is 23.4. The summed E-state index contributed by atoms with van der Waals surface area (Å²) in [6, 6.07) is 26.3. The zero-order valence-electron chi connectivity index (χ0n) is 30.7. The van der Waals surface area contributed by atoms with Gasteiger partial charge in [0.2, 0.25) is 0 Å². The van der Waals surface area contributed by atoms with Crippen molar-refractivity contribution < 1.29 is 28.5 Å². The first-order valence-corrected chi connectivity index (χ1v) is 19.1. The molecule has 51 heavy (non-hydrogen) atoms. The van der Waals surface area contributed by atoms with Crippen LogP contribution in [-0.4, -0.2) is 25.2 Å². The molecular weight excluding hydrogens is 636 g/mol. The Labute approximate surface area is 304 Å². The molecule has 1 atom stereocenters. The third kappa shape index (κ3) is 11.0. The van der Waals surface area contributed by atoms with Crippen molar-refractivity contribution in [3.05, 3.63) is 118 Å². The summed E-state index contributed by atoms with van der Waals surface area (Å²) in [6.07, 6.45) is 14.1. The molecule has 1 unspecified atom stereocenters. The molecule has 1 aliphatic carbocycles. The van der Waals surface area contributed by atoms with Crippen LogP contribution < -0.4 is 18.9 Å². The zero-order chi connectivity index (χ0) is 35.8. The molecule has 270 valence electrons. The molecule has 6 nitrogen and oxygen atoms in total. The van der Waals surface area contributed by atoms with Gasteiger partial charge in [-0.15, -0.1) is 0 Å². The first kappa shape index (κ1) is 37.7. The van der Waals surface area contributed by atoms with Gasteiger partial charge in [-0.2, -0.15) is 0 Å². The molecule has 4 aromatic carbocycles. The smallest absolute Gasteiger partial charge is 0.343 e. The highest BCUT2D eigenvalue weighted by Crippen LogP contribution is 2.42. The Kier molecular flexibility index (Phi) is 14.6. The number of hydrogen-bond acceptors (Lipinski definition) is 6. The van der Waals surface area contributed by atoms with Gasteiger partial charge in [-0.25, -0.2) is 9.59 Å². The van der Waals surface area contributed by atoms with Crippen molar-refractivity contribution in [2.75, 3.05) is 13.2 Å². The molecule has 5 rings (SSSR count). The first-order valence-electron chi connectivity index (χ1n) is 19.1. The van der Waals surface area contributed by atoms with Crippen LogP contribution in [-0.2, 0) is 12.8 Å². The fourth-order valence-corrected chi connectivity index (χ4v) is 6.67. The molecular formula is C45H54O6. The predicted molar refractivity (Wildman–Crippen MR) is 204 cm³/mol. The lowest BCUT2D eigenvalue weighted by Gasteiger charge is -2.19. The Balaban J connectivity index is 1.26. The van der Waals surface area contributed by atoms with Crippen molar-refractivity contribution in [1.82, 2.24) is 0 Å². The number of rotatable bonds is 20.